The van der Waals surface area contributed by atoms with Crippen LogP contribution < -0.4 is 15.4 Å². The van der Waals surface area contributed by atoms with E-state index < -0.39 is 0 Å². The monoisotopic (exact) mass is 341 g/mol. The molecule has 0 spiro atoms. The number of benzene rings is 1. The number of nitrogens with one attached hydrogen (secondary N) is 2. The van der Waals surface area contributed by atoms with Crippen molar-refractivity contribution in [3.63, 3.8) is 0 Å². The number of hydrogen-bond acceptors (Lipinski definition) is 3. The number of nitrogens with zero attached hydrogens (tertiary/aromatic N) is 1. The van der Waals surface area contributed by atoms with Gasteiger partial charge in [0.05, 0.1) is 6.04 Å². The van der Waals surface area contributed by atoms with Crippen molar-refractivity contribution in [1.82, 2.24) is 10.3 Å². The smallest absolute Gasteiger partial charge is 0.172 e. The van der Waals surface area contributed by atoms with E-state index in [1.54, 1.807) is 6.20 Å². The normalized spacial score (nSPS) is 18.2. The Balaban J connectivity index is 1.79. The van der Waals surface area contributed by atoms with Crippen LogP contribution >= 0.6 is 12.2 Å². The van der Waals surface area contributed by atoms with Crippen molar-refractivity contribution in [3.05, 3.63) is 53.2 Å². The Labute approximate surface area is 148 Å². The lowest BCUT2D eigenvalue weighted by molar-refractivity contribution is 0.0696. The van der Waals surface area contributed by atoms with E-state index in [1.165, 1.54) is 5.56 Å². The third kappa shape index (κ3) is 3.67. The predicted octanol–water partition coefficient (Wildman–Crippen LogP) is 4.29. The fraction of sp³-hybridized carbons (Fsp3) is 0.368. The molecule has 0 bridgehead atoms. The molecular weight excluding hydrogens is 318 g/mol. The first-order valence-electron chi connectivity index (χ1n) is 8.13. The fourth-order valence-corrected chi connectivity index (χ4v) is 3.24. The maximum atomic E-state index is 6.13. The van der Waals surface area contributed by atoms with Crippen molar-refractivity contribution in [1.29, 1.82) is 0 Å². The minimum atomic E-state index is -0.241. The Morgan fingerprint density at radius 3 is 2.83 bits per heavy atom. The number of thiocarbonyl (C=S) groups is 1. The first-order chi connectivity index (χ1) is 11.3. The molecule has 0 saturated carbocycles. The number of ether oxygens (including phenoxy) is 1. The first-order valence-corrected chi connectivity index (χ1v) is 8.53. The molecule has 0 saturated heterocycles. The molecule has 5 heteroatoms. The Hall–Kier alpha value is -2.14. The largest absolute Gasteiger partial charge is 0.487 e. The van der Waals surface area contributed by atoms with Crippen LogP contribution in [-0.4, -0.2) is 15.7 Å². The van der Waals surface area contributed by atoms with Crippen LogP contribution in [-0.2, 0) is 0 Å². The summed E-state index contributed by atoms with van der Waals surface area (Å²) in [5, 5.41) is 7.20. The van der Waals surface area contributed by atoms with Gasteiger partial charge >= 0.3 is 0 Å². The van der Waals surface area contributed by atoms with Crippen LogP contribution in [0.5, 0.6) is 5.75 Å². The molecule has 126 valence electrons. The van der Waals surface area contributed by atoms with E-state index in [9.17, 15) is 0 Å². The molecule has 2 heterocycles. The maximum Gasteiger partial charge on any atom is 0.172 e. The Morgan fingerprint density at radius 1 is 1.29 bits per heavy atom. The second-order valence-electron chi connectivity index (χ2n) is 6.93. The highest BCUT2D eigenvalue weighted by Crippen LogP contribution is 2.39. The molecule has 3 rings (SSSR count). The minimum absolute atomic E-state index is 0.105. The molecule has 0 amide bonds. The molecule has 1 aromatic heterocycles. The van der Waals surface area contributed by atoms with E-state index in [1.807, 2.05) is 19.1 Å². The topological polar surface area (TPSA) is 46.2 Å². The summed E-state index contributed by atoms with van der Waals surface area (Å²) in [6, 6.07) is 10.3. The molecule has 24 heavy (non-hydrogen) atoms. The van der Waals surface area contributed by atoms with Gasteiger partial charge in [-0.1, -0.05) is 18.2 Å². The Morgan fingerprint density at radius 2 is 2.08 bits per heavy atom. The summed E-state index contributed by atoms with van der Waals surface area (Å²) in [6.45, 7) is 8.29. The molecule has 1 unspecified atom stereocenters. The number of anilines is 1. The molecule has 2 N–H and O–H groups in total. The van der Waals surface area contributed by atoms with Gasteiger partial charge in [-0.2, -0.15) is 0 Å². The highest BCUT2D eigenvalue weighted by Gasteiger charge is 2.34. The number of rotatable bonds is 2. The van der Waals surface area contributed by atoms with Gasteiger partial charge < -0.3 is 15.4 Å². The molecule has 1 atom stereocenters. The van der Waals surface area contributed by atoms with Gasteiger partial charge in [-0.15, -0.1) is 0 Å². The fourth-order valence-electron chi connectivity index (χ4n) is 3.01. The summed E-state index contributed by atoms with van der Waals surface area (Å²) >= 11 is 5.50. The van der Waals surface area contributed by atoms with Gasteiger partial charge in [-0.3, -0.25) is 0 Å². The lowest BCUT2D eigenvalue weighted by Crippen LogP contribution is -2.42. The minimum Gasteiger partial charge on any atom is -0.487 e. The zero-order chi connectivity index (χ0) is 17.3. The molecule has 1 aliphatic heterocycles. The Kier molecular flexibility index (Phi) is 4.45. The highest BCUT2D eigenvalue weighted by molar-refractivity contribution is 7.80. The summed E-state index contributed by atoms with van der Waals surface area (Å²) in [7, 11) is 0. The van der Waals surface area contributed by atoms with Gasteiger partial charge in [0, 0.05) is 18.2 Å². The average molecular weight is 341 g/mol. The van der Waals surface area contributed by atoms with Gasteiger partial charge in [-0.25, -0.2) is 4.98 Å². The van der Waals surface area contributed by atoms with Crippen molar-refractivity contribution in [2.75, 3.05) is 5.32 Å². The molecular formula is C19H23N3OS. The zero-order valence-corrected chi connectivity index (χ0v) is 15.3. The SMILES string of the molecule is Cc1ccc2c(c1)OC(C)(C)CC2NC(=S)Nc1ncccc1C. The molecule has 1 aromatic carbocycles. The lowest BCUT2D eigenvalue weighted by Gasteiger charge is -2.38. The summed E-state index contributed by atoms with van der Waals surface area (Å²) in [5.74, 6) is 1.71. The van der Waals surface area contributed by atoms with Gasteiger partial charge in [0.1, 0.15) is 17.2 Å². The van der Waals surface area contributed by atoms with Gasteiger partial charge in [-0.05, 0) is 63.2 Å². The van der Waals surface area contributed by atoms with Gasteiger partial charge in [0.25, 0.3) is 0 Å². The third-order valence-corrected chi connectivity index (χ3v) is 4.39. The molecule has 0 aliphatic carbocycles. The van der Waals surface area contributed by atoms with E-state index in [4.69, 9.17) is 17.0 Å². The average Bonchev–Trinajstić information content (AvgIpc) is 2.48. The van der Waals surface area contributed by atoms with Crippen LogP contribution in [0, 0.1) is 13.8 Å². The van der Waals surface area contributed by atoms with E-state index in [2.05, 4.69) is 54.6 Å². The summed E-state index contributed by atoms with van der Waals surface area (Å²) in [4.78, 5) is 4.33. The van der Waals surface area contributed by atoms with Gasteiger partial charge in [0.2, 0.25) is 0 Å². The molecule has 0 fully saturated rings. The zero-order valence-electron chi connectivity index (χ0n) is 14.5. The van der Waals surface area contributed by atoms with Crippen molar-refractivity contribution in [2.45, 2.75) is 45.8 Å². The molecule has 2 aromatic rings. The predicted molar refractivity (Wildman–Crippen MR) is 102 cm³/mol. The van der Waals surface area contributed by atoms with Crippen LogP contribution in [0.2, 0.25) is 0 Å². The highest BCUT2D eigenvalue weighted by atomic mass is 32.1. The van der Waals surface area contributed by atoms with E-state index in [0.29, 0.717) is 5.11 Å². The van der Waals surface area contributed by atoms with E-state index >= 15 is 0 Å². The third-order valence-electron chi connectivity index (χ3n) is 4.17. The summed E-state index contributed by atoms with van der Waals surface area (Å²) in [5.41, 5.74) is 3.15. The van der Waals surface area contributed by atoms with Crippen LogP contribution in [0.3, 0.4) is 0 Å². The van der Waals surface area contributed by atoms with Crippen molar-refractivity contribution >= 4 is 23.1 Å². The lowest BCUT2D eigenvalue weighted by atomic mass is 9.89. The molecule has 1 aliphatic rings. The summed E-state index contributed by atoms with van der Waals surface area (Å²) in [6.07, 6.45) is 2.60. The number of pyridine rings is 1. The van der Waals surface area contributed by atoms with Crippen molar-refractivity contribution in [2.24, 2.45) is 0 Å². The number of fused-ring (bicyclic) bond motifs is 1. The van der Waals surface area contributed by atoms with Crippen LogP contribution in [0.1, 0.15) is 43.0 Å². The van der Waals surface area contributed by atoms with Crippen LogP contribution in [0.15, 0.2) is 36.5 Å². The van der Waals surface area contributed by atoms with Gasteiger partial charge in [0.15, 0.2) is 5.11 Å². The van der Waals surface area contributed by atoms with Crippen LogP contribution in [0.25, 0.3) is 0 Å². The second kappa shape index (κ2) is 6.40. The molecule has 0 radical (unpaired) electrons. The number of aromatic nitrogens is 1. The summed E-state index contributed by atoms with van der Waals surface area (Å²) < 4.78 is 6.13. The maximum absolute atomic E-state index is 6.13. The van der Waals surface area contributed by atoms with Crippen molar-refractivity contribution in [3.8, 4) is 5.75 Å². The van der Waals surface area contributed by atoms with Crippen LogP contribution in [0.4, 0.5) is 5.82 Å². The van der Waals surface area contributed by atoms with E-state index in [-0.39, 0.29) is 11.6 Å². The standard InChI is InChI=1S/C19H23N3OS/c1-12-7-8-14-15(11-19(3,4)23-16(14)10-12)21-18(24)22-17-13(2)6-5-9-20-17/h5-10,15H,11H2,1-4H3,(H2,20,21,22,24). The van der Waals surface area contributed by atoms with E-state index in [0.717, 1.165) is 29.1 Å². The second-order valence-corrected chi connectivity index (χ2v) is 7.34. The number of hydrogen-bond donors (Lipinski definition) is 2. The number of aryl methyl sites for hydroxylation is 2. The van der Waals surface area contributed by atoms with Crippen molar-refractivity contribution < 1.29 is 4.74 Å². The Bertz CT molecular complexity index is 773. The first kappa shape index (κ1) is 16.7. The molecule has 4 nitrogen and oxygen atoms in total. The quantitative estimate of drug-likeness (QED) is 0.798.